The zero-order valence-electron chi connectivity index (χ0n) is 11.9. The predicted octanol–water partition coefficient (Wildman–Crippen LogP) is 2.05. The number of methoxy groups -OCH3 is 1. The molecule has 4 heteroatoms. The second kappa shape index (κ2) is 5.61. The van der Waals surface area contributed by atoms with Crippen LogP contribution in [0.15, 0.2) is 24.3 Å². The van der Waals surface area contributed by atoms with Gasteiger partial charge in [0.25, 0.3) is 0 Å². The molecule has 1 heterocycles. The molecule has 1 aliphatic rings. The highest BCUT2D eigenvalue weighted by molar-refractivity contribution is 5.98. The summed E-state index contributed by atoms with van der Waals surface area (Å²) in [6.45, 7) is 3.78. The maximum absolute atomic E-state index is 12.7. The minimum absolute atomic E-state index is 0.143. The van der Waals surface area contributed by atoms with Crippen molar-refractivity contribution < 1.29 is 9.53 Å². The van der Waals surface area contributed by atoms with E-state index < -0.39 is 0 Å². The zero-order valence-corrected chi connectivity index (χ0v) is 11.9. The maximum Gasteiger partial charge on any atom is 0.234 e. The van der Waals surface area contributed by atoms with Gasteiger partial charge in [-0.25, -0.2) is 0 Å². The SMILES string of the molecule is COc1ccccc1N(C)C(=O)C1(C)CCCNC1. The van der Waals surface area contributed by atoms with E-state index in [0.717, 1.165) is 37.4 Å². The number of carbonyl (C=O) groups excluding carboxylic acids is 1. The largest absolute Gasteiger partial charge is 0.495 e. The van der Waals surface area contributed by atoms with Gasteiger partial charge in [-0.1, -0.05) is 12.1 Å². The molecule has 19 heavy (non-hydrogen) atoms. The van der Waals surface area contributed by atoms with Crippen LogP contribution in [0.25, 0.3) is 0 Å². The van der Waals surface area contributed by atoms with Crippen molar-refractivity contribution in [2.75, 3.05) is 32.1 Å². The van der Waals surface area contributed by atoms with Gasteiger partial charge in [-0.05, 0) is 38.4 Å². The van der Waals surface area contributed by atoms with Gasteiger partial charge >= 0.3 is 0 Å². The van der Waals surface area contributed by atoms with Gasteiger partial charge in [-0.15, -0.1) is 0 Å². The van der Waals surface area contributed by atoms with Crippen LogP contribution in [0.5, 0.6) is 5.75 Å². The Labute approximate surface area is 114 Å². The Kier molecular flexibility index (Phi) is 4.10. The molecule has 1 aromatic rings. The molecule has 0 spiro atoms. The monoisotopic (exact) mass is 262 g/mol. The van der Waals surface area contributed by atoms with E-state index in [1.807, 2.05) is 38.2 Å². The molecule has 1 saturated heterocycles. The van der Waals surface area contributed by atoms with Gasteiger partial charge in [0, 0.05) is 13.6 Å². The molecule has 1 aliphatic heterocycles. The van der Waals surface area contributed by atoms with Gasteiger partial charge in [-0.2, -0.15) is 0 Å². The number of benzene rings is 1. The number of hydrogen-bond acceptors (Lipinski definition) is 3. The van der Waals surface area contributed by atoms with E-state index in [1.165, 1.54) is 0 Å². The van der Waals surface area contributed by atoms with Crippen molar-refractivity contribution in [2.24, 2.45) is 5.41 Å². The van der Waals surface area contributed by atoms with Gasteiger partial charge in [-0.3, -0.25) is 4.79 Å². The summed E-state index contributed by atoms with van der Waals surface area (Å²) in [5, 5.41) is 3.31. The van der Waals surface area contributed by atoms with Crippen LogP contribution < -0.4 is 15.0 Å². The van der Waals surface area contributed by atoms with E-state index in [4.69, 9.17) is 4.74 Å². The van der Waals surface area contributed by atoms with Gasteiger partial charge in [0.05, 0.1) is 18.2 Å². The molecule has 1 amide bonds. The lowest BCUT2D eigenvalue weighted by Crippen LogP contribution is -2.49. The Balaban J connectivity index is 2.23. The number of rotatable bonds is 3. The Morgan fingerprint density at radius 1 is 1.42 bits per heavy atom. The summed E-state index contributed by atoms with van der Waals surface area (Å²) in [5.74, 6) is 0.870. The van der Waals surface area contributed by atoms with Crippen molar-refractivity contribution >= 4 is 11.6 Å². The van der Waals surface area contributed by atoms with Crippen molar-refractivity contribution in [1.82, 2.24) is 5.32 Å². The van der Waals surface area contributed by atoms with Crippen LogP contribution in [0.4, 0.5) is 5.69 Å². The van der Waals surface area contributed by atoms with Crippen LogP contribution in [-0.4, -0.2) is 33.2 Å². The van der Waals surface area contributed by atoms with E-state index in [2.05, 4.69) is 5.32 Å². The minimum atomic E-state index is -0.326. The molecule has 1 unspecified atom stereocenters. The van der Waals surface area contributed by atoms with Crippen molar-refractivity contribution in [3.63, 3.8) is 0 Å². The zero-order chi connectivity index (χ0) is 13.9. The molecular formula is C15H22N2O2. The summed E-state index contributed by atoms with van der Waals surface area (Å²) in [6.07, 6.45) is 1.97. The molecular weight excluding hydrogens is 240 g/mol. The number of piperidine rings is 1. The van der Waals surface area contributed by atoms with Crippen LogP contribution in [0.2, 0.25) is 0 Å². The van der Waals surface area contributed by atoms with E-state index >= 15 is 0 Å². The Hall–Kier alpha value is -1.55. The first kappa shape index (κ1) is 13.9. The summed E-state index contributed by atoms with van der Waals surface area (Å²) >= 11 is 0. The number of hydrogen-bond donors (Lipinski definition) is 1. The summed E-state index contributed by atoms with van der Waals surface area (Å²) in [7, 11) is 3.45. The normalized spacial score (nSPS) is 22.9. The van der Waals surface area contributed by atoms with E-state index in [0.29, 0.717) is 0 Å². The third-order valence-corrected chi connectivity index (χ3v) is 3.86. The second-order valence-electron chi connectivity index (χ2n) is 5.38. The standard InChI is InChI=1S/C15H22N2O2/c1-15(9-6-10-16-11-15)14(18)17(2)12-7-4-5-8-13(12)19-3/h4-5,7-8,16H,6,9-11H2,1-3H3. The summed E-state index contributed by atoms with van der Waals surface area (Å²) < 4.78 is 5.33. The van der Waals surface area contributed by atoms with Gasteiger partial charge in [0.1, 0.15) is 5.75 Å². The Bertz CT molecular complexity index is 453. The average molecular weight is 262 g/mol. The summed E-state index contributed by atoms with van der Waals surface area (Å²) in [5.41, 5.74) is 0.496. The smallest absolute Gasteiger partial charge is 0.234 e. The van der Waals surface area contributed by atoms with Gasteiger partial charge < -0.3 is 15.0 Å². The molecule has 4 nitrogen and oxygen atoms in total. The average Bonchev–Trinajstić information content (AvgIpc) is 2.46. The summed E-state index contributed by atoms with van der Waals surface area (Å²) in [6, 6.07) is 7.62. The molecule has 0 aromatic heterocycles. The first-order chi connectivity index (χ1) is 9.08. The molecule has 2 rings (SSSR count). The molecule has 0 aliphatic carbocycles. The number of nitrogens with zero attached hydrogens (tertiary/aromatic N) is 1. The first-order valence-electron chi connectivity index (χ1n) is 6.70. The quantitative estimate of drug-likeness (QED) is 0.906. The lowest BCUT2D eigenvalue weighted by atomic mass is 9.81. The topological polar surface area (TPSA) is 41.6 Å². The molecule has 1 N–H and O–H groups in total. The minimum Gasteiger partial charge on any atom is -0.495 e. The Morgan fingerprint density at radius 3 is 2.79 bits per heavy atom. The number of anilines is 1. The molecule has 0 radical (unpaired) electrons. The highest BCUT2D eigenvalue weighted by Gasteiger charge is 2.37. The lowest BCUT2D eigenvalue weighted by molar-refractivity contribution is -0.128. The predicted molar refractivity (Wildman–Crippen MR) is 76.6 cm³/mol. The number of para-hydroxylation sites is 2. The van der Waals surface area contributed by atoms with Gasteiger partial charge in [0.15, 0.2) is 0 Å². The van der Waals surface area contributed by atoms with Crippen LogP contribution in [0.3, 0.4) is 0 Å². The molecule has 0 bridgehead atoms. The van der Waals surface area contributed by atoms with Crippen LogP contribution in [0, 0.1) is 5.41 Å². The fourth-order valence-electron chi connectivity index (χ4n) is 2.66. The van der Waals surface area contributed by atoms with Crippen molar-refractivity contribution in [2.45, 2.75) is 19.8 Å². The maximum atomic E-state index is 12.7. The molecule has 104 valence electrons. The van der Waals surface area contributed by atoms with Crippen LogP contribution >= 0.6 is 0 Å². The number of amides is 1. The van der Waals surface area contributed by atoms with E-state index in [1.54, 1.807) is 12.0 Å². The van der Waals surface area contributed by atoms with Gasteiger partial charge in [0.2, 0.25) is 5.91 Å². The number of nitrogens with one attached hydrogen (secondary N) is 1. The third kappa shape index (κ3) is 2.73. The Morgan fingerprint density at radius 2 is 2.16 bits per heavy atom. The summed E-state index contributed by atoms with van der Waals surface area (Å²) in [4.78, 5) is 14.4. The van der Waals surface area contributed by atoms with Crippen LogP contribution in [-0.2, 0) is 4.79 Å². The van der Waals surface area contributed by atoms with E-state index in [-0.39, 0.29) is 11.3 Å². The third-order valence-electron chi connectivity index (χ3n) is 3.86. The second-order valence-corrected chi connectivity index (χ2v) is 5.38. The molecule has 1 aromatic carbocycles. The molecule has 1 fully saturated rings. The fourth-order valence-corrected chi connectivity index (χ4v) is 2.66. The number of ether oxygens (including phenoxy) is 1. The first-order valence-corrected chi connectivity index (χ1v) is 6.70. The highest BCUT2D eigenvalue weighted by atomic mass is 16.5. The van der Waals surface area contributed by atoms with Crippen molar-refractivity contribution in [3.05, 3.63) is 24.3 Å². The fraction of sp³-hybridized carbons (Fsp3) is 0.533. The van der Waals surface area contributed by atoms with Crippen LogP contribution in [0.1, 0.15) is 19.8 Å². The lowest BCUT2D eigenvalue weighted by Gasteiger charge is -2.36. The van der Waals surface area contributed by atoms with Crippen molar-refractivity contribution in [1.29, 1.82) is 0 Å². The van der Waals surface area contributed by atoms with E-state index in [9.17, 15) is 4.79 Å². The molecule has 0 saturated carbocycles. The van der Waals surface area contributed by atoms with Crippen molar-refractivity contribution in [3.8, 4) is 5.75 Å². The highest BCUT2D eigenvalue weighted by Crippen LogP contribution is 2.33. The molecule has 1 atom stereocenters. The number of carbonyl (C=O) groups is 1.